The van der Waals surface area contributed by atoms with Gasteiger partial charge < -0.3 is 10.1 Å². The van der Waals surface area contributed by atoms with Gasteiger partial charge in [0.1, 0.15) is 5.82 Å². The lowest BCUT2D eigenvalue weighted by Crippen LogP contribution is -2.14. The van der Waals surface area contributed by atoms with Crippen molar-refractivity contribution < 1.29 is 22.7 Å². The van der Waals surface area contributed by atoms with Gasteiger partial charge in [0.15, 0.2) is 0 Å². The first-order chi connectivity index (χ1) is 15.2. The van der Waals surface area contributed by atoms with Crippen molar-refractivity contribution in [2.75, 3.05) is 12.4 Å². The Morgan fingerprint density at radius 3 is 2.22 bits per heavy atom. The number of benzene rings is 1. The molecule has 0 saturated carbocycles. The van der Waals surface area contributed by atoms with Crippen molar-refractivity contribution >= 4 is 11.8 Å². The largest absolute Gasteiger partial charge is 0.465 e. The third-order valence-electron chi connectivity index (χ3n) is 4.91. The second-order valence-corrected chi connectivity index (χ2v) is 7.80. The highest BCUT2D eigenvalue weighted by Crippen LogP contribution is 2.31. The van der Waals surface area contributed by atoms with E-state index in [4.69, 9.17) is 0 Å². The molecule has 1 aromatic carbocycles. The maximum Gasteiger partial charge on any atom is 0.417 e. The number of nitrogens with one attached hydrogen (secondary N) is 1. The number of esters is 1. The summed E-state index contributed by atoms with van der Waals surface area (Å²) in [6.07, 6.45) is -1.28. The number of carbonyl (C=O) groups is 1. The highest BCUT2D eigenvalue weighted by molar-refractivity contribution is 5.89. The molecule has 0 aliphatic heterocycles. The third-order valence-corrected chi connectivity index (χ3v) is 4.91. The van der Waals surface area contributed by atoms with Gasteiger partial charge in [0.25, 0.3) is 0 Å². The van der Waals surface area contributed by atoms with E-state index in [1.54, 1.807) is 12.1 Å². The van der Waals surface area contributed by atoms with Crippen LogP contribution in [0.3, 0.4) is 0 Å². The maximum absolute atomic E-state index is 12.8. The van der Waals surface area contributed by atoms with Crippen LogP contribution in [0.15, 0.2) is 60.9 Å². The number of aromatic nitrogens is 2. The molecule has 32 heavy (non-hydrogen) atoms. The standard InChI is InChI=1S/C24H24F3N3O2/c1-15(2)12-21(30-22-11-8-18(13-29-22)23(31)32-3)17-6-4-16(5-7-17)20-10-9-19(14-28-20)24(25,26)27/h4-11,13-15,21H,12H2,1-3H3,(H,29,30). The van der Waals surface area contributed by atoms with Gasteiger partial charge in [-0.2, -0.15) is 13.2 Å². The van der Waals surface area contributed by atoms with Crippen LogP contribution in [0, 0.1) is 5.92 Å². The fourth-order valence-corrected chi connectivity index (χ4v) is 3.26. The smallest absolute Gasteiger partial charge is 0.417 e. The number of alkyl halides is 3. The minimum absolute atomic E-state index is 0.0407. The lowest BCUT2D eigenvalue weighted by Gasteiger charge is -2.22. The predicted octanol–water partition coefficient (Wildman–Crippen LogP) is 6.15. The summed E-state index contributed by atoms with van der Waals surface area (Å²) in [5.74, 6) is 0.574. The second kappa shape index (κ2) is 9.80. The molecule has 0 saturated heterocycles. The number of hydrogen-bond acceptors (Lipinski definition) is 5. The van der Waals surface area contributed by atoms with Crippen molar-refractivity contribution in [1.29, 1.82) is 0 Å². The fourth-order valence-electron chi connectivity index (χ4n) is 3.26. The Labute approximate surface area is 184 Å². The summed E-state index contributed by atoms with van der Waals surface area (Å²) in [7, 11) is 1.32. The number of hydrogen-bond donors (Lipinski definition) is 1. The van der Waals surface area contributed by atoms with Gasteiger partial charge in [-0.15, -0.1) is 0 Å². The Kier molecular flexibility index (Phi) is 7.12. The normalized spacial score (nSPS) is 12.5. The highest BCUT2D eigenvalue weighted by Gasteiger charge is 2.30. The molecule has 3 rings (SSSR count). The van der Waals surface area contributed by atoms with Crippen LogP contribution in [0.2, 0.25) is 0 Å². The van der Waals surface area contributed by atoms with Crippen LogP contribution in [-0.4, -0.2) is 23.0 Å². The van der Waals surface area contributed by atoms with Crippen molar-refractivity contribution in [3.63, 3.8) is 0 Å². The molecule has 3 aromatic rings. The molecule has 0 spiro atoms. The van der Waals surface area contributed by atoms with Gasteiger partial charge in [-0.05, 0) is 42.2 Å². The lowest BCUT2D eigenvalue weighted by atomic mass is 9.95. The monoisotopic (exact) mass is 443 g/mol. The number of rotatable bonds is 7. The van der Waals surface area contributed by atoms with E-state index in [-0.39, 0.29) is 6.04 Å². The minimum atomic E-state index is -4.41. The summed E-state index contributed by atoms with van der Waals surface area (Å²) in [6, 6.07) is 13.3. The summed E-state index contributed by atoms with van der Waals surface area (Å²) < 4.78 is 42.9. The van der Waals surface area contributed by atoms with Crippen molar-refractivity contribution in [2.45, 2.75) is 32.5 Å². The van der Waals surface area contributed by atoms with Gasteiger partial charge in [-0.25, -0.2) is 9.78 Å². The zero-order chi connectivity index (χ0) is 23.3. The molecule has 2 aromatic heterocycles. The number of methoxy groups -OCH3 is 1. The Morgan fingerprint density at radius 1 is 1.00 bits per heavy atom. The summed E-state index contributed by atoms with van der Waals surface area (Å²) in [5.41, 5.74) is 1.80. The Bertz CT molecular complexity index is 1030. The molecule has 0 bridgehead atoms. The molecule has 0 aliphatic carbocycles. The van der Waals surface area contributed by atoms with Gasteiger partial charge in [0, 0.05) is 18.0 Å². The van der Waals surface area contributed by atoms with E-state index in [9.17, 15) is 18.0 Å². The van der Waals surface area contributed by atoms with Gasteiger partial charge >= 0.3 is 12.1 Å². The first kappa shape index (κ1) is 23.2. The van der Waals surface area contributed by atoms with Gasteiger partial charge in [-0.1, -0.05) is 38.1 Å². The average molecular weight is 443 g/mol. The Morgan fingerprint density at radius 2 is 1.72 bits per heavy atom. The summed E-state index contributed by atoms with van der Waals surface area (Å²) in [4.78, 5) is 19.8. The molecule has 8 heteroatoms. The van der Waals surface area contributed by atoms with Crippen molar-refractivity contribution in [3.05, 3.63) is 77.6 Å². The van der Waals surface area contributed by atoms with Crippen molar-refractivity contribution in [2.24, 2.45) is 5.92 Å². The number of anilines is 1. The van der Waals surface area contributed by atoms with E-state index >= 15 is 0 Å². The summed E-state index contributed by atoms with van der Waals surface area (Å²) >= 11 is 0. The van der Waals surface area contributed by atoms with Gasteiger partial charge in [0.05, 0.1) is 30.0 Å². The Balaban J connectivity index is 1.78. The van der Waals surface area contributed by atoms with E-state index in [2.05, 4.69) is 33.9 Å². The number of pyridine rings is 2. The fraction of sp³-hybridized carbons (Fsp3) is 0.292. The minimum Gasteiger partial charge on any atom is -0.465 e. The second-order valence-electron chi connectivity index (χ2n) is 7.80. The molecule has 0 amide bonds. The third kappa shape index (κ3) is 5.84. The molecule has 168 valence electrons. The quantitative estimate of drug-likeness (QED) is 0.444. The van der Waals surface area contributed by atoms with Crippen molar-refractivity contribution in [3.8, 4) is 11.3 Å². The maximum atomic E-state index is 12.8. The van der Waals surface area contributed by atoms with E-state index in [1.165, 1.54) is 19.4 Å². The molecule has 5 nitrogen and oxygen atoms in total. The topological polar surface area (TPSA) is 64.1 Å². The molecule has 2 heterocycles. The molecular formula is C24H24F3N3O2. The van der Waals surface area contributed by atoms with E-state index in [1.807, 2.05) is 24.3 Å². The SMILES string of the molecule is COC(=O)c1ccc(NC(CC(C)C)c2ccc(-c3ccc(C(F)(F)F)cn3)cc2)nc1. The van der Waals surface area contributed by atoms with E-state index in [0.717, 1.165) is 29.8 Å². The number of ether oxygens (including phenoxy) is 1. The van der Waals surface area contributed by atoms with Gasteiger partial charge in [0.2, 0.25) is 0 Å². The van der Waals surface area contributed by atoms with Crippen LogP contribution >= 0.6 is 0 Å². The zero-order valence-electron chi connectivity index (χ0n) is 18.0. The molecule has 1 atom stereocenters. The first-order valence-electron chi connectivity index (χ1n) is 10.1. The van der Waals surface area contributed by atoms with Gasteiger partial charge in [-0.3, -0.25) is 4.98 Å². The first-order valence-corrected chi connectivity index (χ1v) is 10.1. The molecule has 0 aliphatic rings. The van der Waals surface area contributed by atoms with Crippen molar-refractivity contribution in [1.82, 2.24) is 9.97 Å². The van der Waals surface area contributed by atoms with Crippen LogP contribution in [0.4, 0.5) is 19.0 Å². The lowest BCUT2D eigenvalue weighted by molar-refractivity contribution is -0.137. The number of carbonyl (C=O) groups excluding carboxylic acids is 1. The number of nitrogens with zero attached hydrogens (tertiary/aromatic N) is 2. The molecule has 1 unspecified atom stereocenters. The molecular weight excluding hydrogens is 419 g/mol. The average Bonchev–Trinajstić information content (AvgIpc) is 2.78. The molecule has 0 radical (unpaired) electrons. The van der Waals surface area contributed by atoms with E-state index in [0.29, 0.717) is 23.0 Å². The summed E-state index contributed by atoms with van der Waals surface area (Å²) in [5, 5.41) is 3.39. The van der Waals surface area contributed by atoms with Crippen LogP contribution in [0.5, 0.6) is 0 Å². The highest BCUT2D eigenvalue weighted by atomic mass is 19.4. The Hall–Kier alpha value is -3.42. The van der Waals surface area contributed by atoms with Crippen LogP contribution < -0.4 is 5.32 Å². The van der Waals surface area contributed by atoms with Crippen LogP contribution in [0.1, 0.15) is 47.8 Å². The van der Waals surface area contributed by atoms with E-state index < -0.39 is 17.7 Å². The van der Waals surface area contributed by atoms with Crippen LogP contribution in [-0.2, 0) is 10.9 Å². The molecule has 0 fully saturated rings. The zero-order valence-corrected chi connectivity index (χ0v) is 18.0. The van der Waals surface area contributed by atoms with Crippen LogP contribution in [0.25, 0.3) is 11.3 Å². The predicted molar refractivity (Wildman–Crippen MR) is 116 cm³/mol. The summed E-state index contributed by atoms with van der Waals surface area (Å²) in [6.45, 7) is 4.23. The molecule has 1 N–H and O–H groups in total. The number of halogens is 3.